The van der Waals surface area contributed by atoms with E-state index in [0.717, 1.165) is 12.8 Å². The fourth-order valence-corrected chi connectivity index (χ4v) is 3.78. The van der Waals surface area contributed by atoms with Crippen molar-refractivity contribution < 1.29 is 19.1 Å². The van der Waals surface area contributed by atoms with Crippen LogP contribution in [0.2, 0.25) is 5.02 Å². The van der Waals surface area contributed by atoms with E-state index >= 15 is 0 Å². The largest absolute Gasteiger partial charge is 0.496 e. The maximum Gasteiger partial charge on any atom is 0.319 e. The molecule has 0 atom stereocenters. The van der Waals surface area contributed by atoms with Gasteiger partial charge in [0.05, 0.1) is 28.9 Å². The van der Waals surface area contributed by atoms with Crippen LogP contribution in [-0.4, -0.2) is 35.1 Å². The number of carbonyl (C=O) groups excluding carboxylic acids is 2. The van der Waals surface area contributed by atoms with Gasteiger partial charge in [0.25, 0.3) is 5.91 Å². The number of nitrogens with zero attached hydrogens (tertiary/aromatic N) is 2. The van der Waals surface area contributed by atoms with Crippen molar-refractivity contribution in [2.75, 3.05) is 17.7 Å². The lowest BCUT2D eigenvalue weighted by atomic mass is 10.1. The van der Waals surface area contributed by atoms with Crippen molar-refractivity contribution in [2.24, 2.45) is 0 Å². The summed E-state index contributed by atoms with van der Waals surface area (Å²) in [7, 11) is 1.49. The molecule has 0 bridgehead atoms. The Morgan fingerprint density at radius 1 is 0.972 bits per heavy atom. The molecule has 10 heteroatoms. The summed E-state index contributed by atoms with van der Waals surface area (Å²) in [6, 6.07) is 15.2. The van der Waals surface area contributed by atoms with Gasteiger partial charge in [0.2, 0.25) is 0 Å². The average molecular weight is 504 g/mol. The van der Waals surface area contributed by atoms with Crippen LogP contribution in [0.5, 0.6) is 17.2 Å². The van der Waals surface area contributed by atoms with E-state index in [1.54, 1.807) is 67.0 Å². The Morgan fingerprint density at radius 3 is 2.56 bits per heavy atom. The third-order valence-corrected chi connectivity index (χ3v) is 5.82. The van der Waals surface area contributed by atoms with Crippen LogP contribution in [0.1, 0.15) is 23.2 Å². The van der Waals surface area contributed by atoms with Gasteiger partial charge >= 0.3 is 6.03 Å². The Kier molecular flexibility index (Phi) is 6.55. The molecule has 1 aliphatic rings. The van der Waals surface area contributed by atoms with Gasteiger partial charge in [-0.3, -0.25) is 9.78 Å². The smallest absolute Gasteiger partial charge is 0.319 e. The highest BCUT2D eigenvalue weighted by Crippen LogP contribution is 2.35. The molecule has 0 unspecified atom stereocenters. The summed E-state index contributed by atoms with van der Waals surface area (Å²) in [6.45, 7) is 0. The number of amides is 3. The standard InChI is InChI=1S/C26H22ClN5O4/c1-35-23-14-21-17(13-18(23)25(33)32-24-4-2-3-10-29-24)22(9-11-28-21)36-16-7-8-20(19(27)12-16)31-26(34)30-15-5-6-15/h2-4,7-15H,5-6H2,1H3,(H,29,32,33)(H2,30,31,34). The van der Waals surface area contributed by atoms with Crippen molar-refractivity contribution in [1.29, 1.82) is 0 Å². The molecule has 9 nitrogen and oxygen atoms in total. The minimum atomic E-state index is -0.384. The van der Waals surface area contributed by atoms with Crippen molar-refractivity contribution in [1.82, 2.24) is 15.3 Å². The zero-order valence-electron chi connectivity index (χ0n) is 19.2. The number of nitrogens with one attached hydrogen (secondary N) is 3. The minimum absolute atomic E-state index is 0.237. The number of benzene rings is 2. The predicted octanol–water partition coefficient (Wildman–Crippen LogP) is 5.62. The van der Waals surface area contributed by atoms with E-state index in [4.69, 9.17) is 21.1 Å². The molecule has 2 aromatic carbocycles. The van der Waals surface area contributed by atoms with Gasteiger partial charge < -0.3 is 25.4 Å². The Balaban J connectivity index is 1.41. The zero-order valence-corrected chi connectivity index (χ0v) is 20.0. The first-order valence-electron chi connectivity index (χ1n) is 11.2. The number of anilines is 2. The van der Waals surface area contributed by atoms with Crippen LogP contribution in [0.25, 0.3) is 10.9 Å². The fraction of sp³-hybridized carbons (Fsp3) is 0.154. The molecule has 4 aromatic rings. The first kappa shape index (κ1) is 23.4. The fourth-order valence-electron chi connectivity index (χ4n) is 3.56. The van der Waals surface area contributed by atoms with Gasteiger partial charge in [0.15, 0.2) is 0 Å². The Bertz CT molecular complexity index is 1440. The number of fused-ring (bicyclic) bond motifs is 1. The first-order chi connectivity index (χ1) is 17.5. The van der Waals surface area contributed by atoms with Crippen molar-refractivity contribution in [3.63, 3.8) is 0 Å². The highest BCUT2D eigenvalue weighted by Gasteiger charge is 2.23. The van der Waals surface area contributed by atoms with Crippen LogP contribution in [0.15, 0.2) is 67.0 Å². The minimum Gasteiger partial charge on any atom is -0.496 e. The lowest BCUT2D eigenvalue weighted by molar-refractivity contribution is 0.102. The van der Waals surface area contributed by atoms with Crippen LogP contribution >= 0.6 is 11.6 Å². The van der Waals surface area contributed by atoms with Crippen LogP contribution in [0.4, 0.5) is 16.3 Å². The summed E-state index contributed by atoms with van der Waals surface area (Å²) >= 11 is 6.38. The molecule has 5 rings (SSSR count). The van der Waals surface area contributed by atoms with Gasteiger partial charge in [-0.25, -0.2) is 9.78 Å². The second-order valence-electron chi connectivity index (χ2n) is 8.16. The maximum atomic E-state index is 13.0. The second-order valence-corrected chi connectivity index (χ2v) is 8.57. The lowest BCUT2D eigenvalue weighted by Crippen LogP contribution is -2.30. The summed E-state index contributed by atoms with van der Waals surface area (Å²) < 4.78 is 11.5. The SMILES string of the molecule is COc1cc2nccc(Oc3ccc(NC(=O)NC4CC4)c(Cl)c3)c2cc1C(=O)Nc1ccccn1. The van der Waals surface area contributed by atoms with Crippen LogP contribution < -0.4 is 25.4 Å². The van der Waals surface area contributed by atoms with Crippen LogP contribution in [-0.2, 0) is 0 Å². The molecule has 3 amide bonds. The summed E-state index contributed by atoms with van der Waals surface area (Å²) in [4.78, 5) is 33.5. The Hall–Kier alpha value is -4.37. The van der Waals surface area contributed by atoms with Crippen LogP contribution in [0, 0.1) is 0 Å². The van der Waals surface area contributed by atoms with Gasteiger partial charge in [-0.1, -0.05) is 17.7 Å². The molecule has 0 radical (unpaired) electrons. The van der Waals surface area contributed by atoms with Gasteiger partial charge in [-0.15, -0.1) is 0 Å². The topological polar surface area (TPSA) is 114 Å². The number of pyridine rings is 2. The molecule has 1 fully saturated rings. The normalized spacial score (nSPS) is 12.6. The molecule has 2 aromatic heterocycles. The van der Waals surface area contributed by atoms with E-state index in [1.807, 2.05) is 0 Å². The molecule has 182 valence electrons. The van der Waals surface area contributed by atoms with Gasteiger partial charge in [0.1, 0.15) is 23.1 Å². The summed E-state index contributed by atoms with van der Waals surface area (Å²) in [5.74, 6) is 1.32. The molecule has 0 saturated heterocycles. The van der Waals surface area contributed by atoms with E-state index in [2.05, 4.69) is 25.9 Å². The molecule has 1 aliphatic carbocycles. The van der Waals surface area contributed by atoms with E-state index in [0.29, 0.717) is 50.2 Å². The lowest BCUT2D eigenvalue weighted by Gasteiger charge is -2.14. The highest BCUT2D eigenvalue weighted by molar-refractivity contribution is 6.33. The number of hydrogen-bond donors (Lipinski definition) is 3. The molecular weight excluding hydrogens is 482 g/mol. The first-order valence-corrected chi connectivity index (χ1v) is 11.6. The quantitative estimate of drug-likeness (QED) is 0.301. The second kappa shape index (κ2) is 10.1. The third kappa shape index (κ3) is 5.31. The molecule has 0 spiro atoms. The summed E-state index contributed by atoms with van der Waals surface area (Å²) in [6.07, 6.45) is 5.18. The molecule has 1 saturated carbocycles. The number of carbonyl (C=O) groups is 2. The number of halogens is 1. The van der Waals surface area contributed by atoms with Gasteiger partial charge in [-0.05, 0) is 49.2 Å². The zero-order chi connectivity index (χ0) is 25.1. The average Bonchev–Trinajstić information content (AvgIpc) is 3.69. The monoisotopic (exact) mass is 503 g/mol. The van der Waals surface area contributed by atoms with E-state index in [9.17, 15) is 9.59 Å². The highest BCUT2D eigenvalue weighted by atomic mass is 35.5. The number of aromatic nitrogens is 2. The predicted molar refractivity (Wildman–Crippen MR) is 137 cm³/mol. The molecule has 3 N–H and O–H groups in total. The molecular formula is C26H22ClN5O4. The Labute approximate surface area is 211 Å². The molecule has 36 heavy (non-hydrogen) atoms. The van der Waals surface area contributed by atoms with Crippen LogP contribution in [0.3, 0.4) is 0 Å². The number of hydrogen-bond acceptors (Lipinski definition) is 6. The number of methoxy groups -OCH3 is 1. The van der Waals surface area contributed by atoms with Crippen molar-refractivity contribution in [3.05, 3.63) is 77.6 Å². The number of ether oxygens (including phenoxy) is 2. The number of urea groups is 1. The number of rotatable bonds is 7. The van der Waals surface area contributed by atoms with E-state index in [1.165, 1.54) is 7.11 Å². The molecule has 0 aliphatic heterocycles. The van der Waals surface area contributed by atoms with E-state index < -0.39 is 0 Å². The van der Waals surface area contributed by atoms with Gasteiger partial charge in [0, 0.05) is 36.0 Å². The maximum absolute atomic E-state index is 13.0. The Morgan fingerprint density at radius 2 is 1.83 bits per heavy atom. The summed E-state index contributed by atoms with van der Waals surface area (Å²) in [5.41, 5.74) is 1.35. The van der Waals surface area contributed by atoms with Crippen molar-refractivity contribution >= 4 is 45.9 Å². The van der Waals surface area contributed by atoms with Crippen molar-refractivity contribution in [3.8, 4) is 17.2 Å². The van der Waals surface area contributed by atoms with Gasteiger partial charge in [-0.2, -0.15) is 0 Å². The third-order valence-electron chi connectivity index (χ3n) is 5.50. The van der Waals surface area contributed by atoms with Crippen molar-refractivity contribution in [2.45, 2.75) is 18.9 Å². The summed E-state index contributed by atoms with van der Waals surface area (Å²) in [5, 5.41) is 9.29. The molecule has 2 heterocycles. The van der Waals surface area contributed by atoms with E-state index in [-0.39, 0.29) is 18.0 Å².